The minimum Gasteiger partial charge on any atom is -0.374 e. The van der Waals surface area contributed by atoms with Gasteiger partial charge in [-0.25, -0.2) is 0 Å². The lowest BCUT2D eigenvalue weighted by Gasteiger charge is -2.13. The second-order valence-electron chi connectivity index (χ2n) is 2.80. The molecule has 0 fully saturated rings. The van der Waals surface area contributed by atoms with Crippen molar-refractivity contribution in [2.24, 2.45) is 0 Å². The van der Waals surface area contributed by atoms with Crippen LogP contribution in [-0.4, -0.2) is 19.6 Å². The average molecular weight is 234 g/mol. The van der Waals surface area contributed by atoms with Gasteiger partial charge in [0.2, 0.25) is 5.91 Å². The van der Waals surface area contributed by atoms with E-state index >= 15 is 0 Å². The monoisotopic (exact) mass is 233 g/mol. The molecule has 5 heteroatoms. The van der Waals surface area contributed by atoms with Gasteiger partial charge in [0.05, 0.1) is 4.34 Å². The number of hydrogen-bond donors (Lipinski definition) is 1. The smallest absolute Gasteiger partial charge is 0.216 e. The van der Waals surface area contributed by atoms with E-state index in [0.717, 1.165) is 9.21 Å². The van der Waals surface area contributed by atoms with Crippen LogP contribution < -0.4 is 5.32 Å². The van der Waals surface area contributed by atoms with Gasteiger partial charge in [0.25, 0.3) is 0 Å². The molecule has 3 nitrogen and oxygen atoms in total. The third-order valence-corrected chi connectivity index (χ3v) is 3.06. The lowest BCUT2D eigenvalue weighted by atomic mass is 10.3. The van der Waals surface area contributed by atoms with Crippen LogP contribution in [-0.2, 0) is 9.53 Å². The molecule has 0 radical (unpaired) electrons. The number of thiophene rings is 1. The van der Waals surface area contributed by atoms with E-state index in [4.69, 9.17) is 16.3 Å². The third-order valence-electron chi connectivity index (χ3n) is 1.73. The largest absolute Gasteiger partial charge is 0.374 e. The first-order valence-electron chi connectivity index (χ1n) is 4.16. The van der Waals surface area contributed by atoms with Crippen molar-refractivity contribution < 1.29 is 9.53 Å². The van der Waals surface area contributed by atoms with Crippen molar-refractivity contribution in [3.05, 3.63) is 21.3 Å². The van der Waals surface area contributed by atoms with E-state index in [1.54, 1.807) is 7.11 Å². The first kappa shape index (κ1) is 11.5. The van der Waals surface area contributed by atoms with E-state index in [0.29, 0.717) is 6.54 Å². The second kappa shape index (κ2) is 5.34. The standard InChI is InChI=1S/C9H12ClNO2S/c1-6(12)11-5-7(13-2)8-3-4-9(10)14-8/h3-4,7H,5H2,1-2H3,(H,11,12). The summed E-state index contributed by atoms with van der Waals surface area (Å²) >= 11 is 7.26. The molecule has 1 unspecified atom stereocenters. The molecule has 0 spiro atoms. The predicted molar refractivity (Wildman–Crippen MR) is 57.8 cm³/mol. The Morgan fingerprint density at radius 2 is 2.43 bits per heavy atom. The summed E-state index contributed by atoms with van der Waals surface area (Å²) in [5.74, 6) is -0.0605. The Balaban J connectivity index is 2.58. The van der Waals surface area contributed by atoms with Gasteiger partial charge >= 0.3 is 0 Å². The van der Waals surface area contributed by atoms with E-state index in [-0.39, 0.29) is 12.0 Å². The van der Waals surface area contributed by atoms with Gasteiger partial charge < -0.3 is 10.1 Å². The Hall–Kier alpha value is -0.580. The molecule has 14 heavy (non-hydrogen) atoms. The van der Waals surface area contributed by atoms with Crippen LogP contribution in [0.4, 0.5) is 0 Å². The lowest BCUT2D eigenvalue weighted by molar-refractivity contribution is -0.119. The minimum absolute atomic E-state index is 0.0605. The Labute approximate surface area is 92.0 Å². The zero-order chi connectivity index (χ0) is 10.6. The van der Waals surface area contributed by atoms with Crippen LogP contribution in [0.15, 0.2) is 12.1 Å². The number of amides is 1. The highest BCUT2D eigenvalue weighted by Gasteiger charge is 2.12. The number of methoxy groups -OCH3 is 1. The highest BCUT2D eigenvalue weighted by atomic mass is 35.5. The molecular weight excluding hydrogens is 222 g/mol. The van der Waals surface area contributed by atoms with Gasteiger partial charge in [0.15, 0.2) is 0 Å². The number of ether oxygens (including phenoxy) is 1. The van der Waals surface area contributed by atoms with E-state index < -0.39 is 0 Å². The van der Waals surface area contributed by atoms with Crippen LogP contribution in [0.3, 0.4) is 0 Å². The molecule has 1 aromatic heterocycles. The molecule has 78 valence electrons. The molecule has 1 N–H and O–H groups in total. The number of carbonyl (C=O) groups excluding carboxylic acids is 1. The van der Waals surface area contributed by atoms with Gasteiger partial charge in [-0.15, -0.1) is 11.3 Å². The fourth-order valence-electron chi connectivity index (χ4n) is 1.04. The topological polar surface area (TPSA) is 38.3 Å². The molecular formula is C9H12ClNO2S. The first-order valence-corrected chi connectivity index (χ1v) is 5.35. The molecule has 0 saturated heterocycles. The molecule has 0 saturated carbocycles. The lowest BCUT2D eigenvalue weighted by Crippen LogP contribution is -2.26. The first-order chi connectivity index (χ1) is 6.63. The highest BCUT2D eigenvalue weighted by molar-refractivity contribution is 7.16. The molecule has 0 bridgehead atoms. The van der Waals surface area contributed by atoms with Gasteiger partial charge in [-0.3, -0.25) is 4.79 Å². The van der Waals surface area contributed by atoms with Crippen molar-refractivity contribution in [3.63, 3.8) is 0 Å². The summed E-state index contributed by atoms with van der Waals surface area (Å²) in [4.78, 5) is 11.7. The summed E-state index contributed by atoms with van der Waals surface area (Å²) in [6.45, 7) is 1.96. The maximum atomic E-state index is 10.7. The average Bonchev–Trinajstić information content (AvgIpc) is 2.53. The zero-order valence-electron chi connectivity index (χ0n) is 8.04. The van der Waals surface area contributed by atoms with Gasteiger partial charge in [-0.2, -0.15) is 0 Å². The summed E-state index contributed by atoms with van der Waals surface area (Å²) in [5, 5.41) is 2.70. The fourth-order valence-corrected chi connectivity index (χ4v) is 2.18. The molecule has 1 atom stereocenters. The minimum atomic E-state index is -0.114. The van der Waals surface area contributed by atoms with E-state index in [2.05, 4.69) is 5.32 Å². The van der Waals surface area contributed by atoms with Gasteiger partial charge in [-0.1, -0.05) is 11.6 Å². The van der Waals surface area contributed by atoms with Crippen molar-refractivity contribution in [1.29, 1.82) is 0 Å². The van der Waals surface area contributed by atoms with E-state index in [1.807, 2.05) is 12.1 Å². The number of rotatable bonds is 4. The summed E-state index contributed by atoms with van der Waals surface area (Å²) < 4.78 is 5.96. The molecule has 1 heterocycles. The predicted octanol–water partition coefficient (Wildman–Crippen LogP) is 2.23. The molecule has 0 aromatic carbocycles. The van der Waals surface area contributed by atoms with Crippen molar-refractivity contribution in [3.8, 4) is 0 Å². The van der Waals surface area contributed by atoms with Crippen LogP contribution in [0.5, 0.6) is 0 Å². The Morgan fingerprint density at radius 3 is 2.86 bits per heavy atom. The maximum Gasteiger partial charge on any atom is 0.216 e. The quantitative estimate of drug-likeness (QED) is 0.866. The van der Waals surface area contributed by atoms with E-state index in [1.165, 1.54) is 18.3 Å². The molecule has 0 aliphatic heterocycles. The summed E-state index contributed by atoms with van der Waals surface area (Å²) in [7, 11) is 1.61. The van der Waals surface area contributed by atoms with Crippen molar-refractivity contribution in [2.75, 3.05) is 13.7 Å². The molecule has 0 aliphatic rings. The van der Waals surface area contributed by atoms with Crippen LogP contribution >= 0.6 is 22.9 Å². The number of halogens is 1. The van der Waals surface area contributed by atoms with Crippen LogP contribution in [0.25, 0.3) is 0 Å². The van der Waals surface area contributed by atoms with E-state index in [9.17, 15) is 4.79 Å². The second-order valence-corrected chi connectivity index (χ2v) is 4.55. The molecule has 0 aliphatic carbocycles. The summed E-state index contributed by atoms with van der Waals surface area (Å²) in [6, 6.07) is 3.73. The fraction of sp³-hybridized carbons (Fsp3) is 0.444. The molecule has 1 aromatic rings. The number of carbonyl (C=O) groups is 1. The van der Waals surface area contributed by atoms with Crippen LogP contribution in [0.1, 0.15) is 17.9 Å². The van der Waals surface area contributed by atoms with Crippen molar-refractivity contribution in [2.45, 2.75) is 13.0 Å². The summed E-state index contributed by atoms with van der Waals surface area (Å²) in [6.07, 6.45) is -0.114. The Bertz CT molecular complexity index is 314. The normalized spacial score (nSPS) is 12.5. The van der Waals surface area contributed by atoms with Crippen molar-refractivity contribution >= 4 is 28.8 Å². The Kier molecular flexibility index (Phi) is 4.38. The third kappa shape index (κ3) is 3.29. The zero-order valence-corrected chi connectivity index (χ0v) is 9.61. The van der Waals surface area contributed by atoms with Gasteiger partial charge in [-0.05, 0) is 12.1 Å². The SMILES string of the molecule is COC(CNC(C)=O)c1ccc(Cl)s1. The highest BCUT2D eigenvalue weighted by Crippen LogP contribution is 2.28. The maximum absolute atomic E-state index is 10.7. The Morgan fingerprint density at radius 1 is 1.71 bits per heavy atom. The molecule has 1 amide bonds. The number of nitrogens with one attached hydrogen (secondary N) is 1. The summed E-state index contributed by atoms with van der Waals surface area (Å²) in [5.41, 5.74) is 0. The molecule has 1 rings (SSSR count). The number of hydrogen-bond acceptors (Lipinski definition) is 3. The van der Waals surface area contributed by atoms with Crippen LogP contribution in [0, 0.1) is 0 Å². The van der Waals surface area contributed by atoms with Crippen molar-refractivity contribution in [1.82, 2.24) is 5.32 Å². The van der Waals surface area contributed by atoms with Gasteiger partial charge in [0, 0.05) is 25.5 Å². The van der Waals surface area contributed by atoms with Crippen LogP contribution in [0.2, 0.25) is 4.34 Å². The van der Waals surface area contributed by atoms with Gasteiger partial charge in [0.1, 0.15) is 6.10 Å².